The van der Waals surface area contributed by atoms with Crippen LogP contribution in [0.15, 0.2) is 48.7 Å². The molecule has 0 aliphatic heterocycles. The summed E-state index contributed by atoms with van der Waals surface area (Å²) >= 11 is 12.0. The second kappa shape index (κ2) is 11.9. The van der Waals surface area contributed by atoms with Gasteiger partial charge >= 0.3 is 0 Å². The molecule has 1 aromatic heterocycles. The molecule has 0 saturated carbocycles. The molecule has 2 aromatic carbocycles. The first-order valence-electron chi connectivity index (χ1n) is 10.8. The lowest BCUT2D eigenvalue weighted by Gasteiger charge is -2.27. The quantitative estimate of drug-likeness (QED) is 0.321. The van der Waals surface area contributed by atoms with E-state index < -0.39 is 12.2 Å². The minimum Gasteiger partial charge on any atom is -0.491 e. The van der Waals surface area contributed by atoms with Gasteiger partial charge in [0.2, 0.25) is 0 Å². The molecule has 0 spiro atoms. The third kappa shape index (κ3) is 6.84. The Morgan fingerprint density at radius 1 is 1.00 bits per heavy atom. The summed E-state index contributed by atoms with van der Waals surface area (Å²) in [6.45, 7) is 4.36. The van der Waals surface area contributed by atoms with E-state index in [1.165, 1.54) is 4.68 Å². The molecule has 3 N–H and O–H groups in total. The summed E-state index contributed by atoms with van der Waals surface area (Å²) in [4.78, 5) is 0. The molecule has 10 heteroatoms. The molecule has 8 nitrogen and oxygen atoms in total. The number of aromatic nitrogens is 3. The van der Waals surface area contributed by atoms with Gasteiger partial charge < -0.3 is 24.8 Å². The van der Waals surface area contributed by atoms with Crippen LogP contribution in [0, 0.1) is 0 Å². The third-order valence-corrected chi connectivity index (χ3v) is 6.08. The van der Waals surface area contributed by atoms with Gasteiger partial charge in [0, 0.05) is 5.41 Å². The Kier molecular flexibility index (Phi) is 9.16. The lowest BCUT2D eigenvalue weighted by atomic mass is 9.78. The maximum Gasteiger partial charge on any atom is 0.138 e. The molecule has 1 heterocycles. The second-order valence-electron chi connectivity index (χ2n) is 8.47. The number of hydrogen-bond donors (Lipinski definition) is 3. The smallest absolute Gasteiger partial charge is 0.138 e. The number of benzene rings is 2. The minimum atomic E-state index is -0.780. The molecule has 184 valence electrons. The van der Waals surface area contributed by atoms with Crippen molar-refractivity contribution in [2.75, 3.05) is 19.1 Å². The van der Waals surface area contributed by atoms with Crippen molar-refractivity contribution in [1.29, 1.82) is 0 Å². The van der Waals surface area contributed by atoms with Crippen LogP contribution in [0.3, 0.4) is 0 Å². The van der Waals surface area contributed by atoms with Gasteiger partial charge in [0.15, 0.2) is 0 Å². The molecule has 3 rings (SSSR count). The first kappa shape index (κ1) is 26.2. The summed E-state index contributed by atoms with van der Waals surface area (Å²) in [6, 6.07) is 13.3. The fourth-order valence-electron chi connectivity index (χ4n) is 3.33. The summed E-state index contributed by atoms with van der Waals surface area (Å²) < 4.78 is 12.7. The summed E-state index contributed by atoms with van der Waals surface area (Å²) in [6.07, 6.45) is 0.0454. The zero-order chi connectivity index (χ0) is 24.7. The molecule has 0 saturated heterocycles. The van der Waals surface area contributed by atoms with E-state index in [9.17, 15) is 10.2 Å². The number of ether oxygens (including phenoxy) is 2. The van der Waals surface area contributed by atoms with Gasteiger partial charge in [-0.05, 0) is 35.4 Å². The van der Waals surface area contributed by atoms with Crippen molar-refractivity contribution in [1.82, 2.24) is 15.0 Å². The Bertz CT molecular complexity index is 1060. The number of aliphatic hydroxyl groups is 3. The molecule has 0 bridgehead atoms. The van der Waals surface area contributed by atoms with Gasteiger partial charge in [0.25, 0.3) is 0 Å². The Hall–Kier alpha value is -2.36. The van der Waals surface area contributed by atoms with Crippen molar-refractivity contribution in [2.45, 2.75) is 44.6 Å². The number of aliphatic hydroxyl groups excluding tert-OH is 3. The lowest BCUT2D eigenvalue weighted by molar-refractivity contribution is 0.0888. The van der Waals surface area contributed by atoms with Crippen LogP contribution in [0.4, 0.5) is 0 Å². The van der Waals surface area contributed by atoms with Crippen LogP contribution < -0.4 is 9.47 Å². The predicted octanol–water partition coefficient (Wildman–Crippen LogP) is 3.17. The van der Waals surface area contributed by atoms with Crippen molar-refractivity contribution in [3.63, 3.8) is 0 Å². The van der Waals surface area contributed by atoms with Crippen molar-refractivity contribution in [3.05, 3.63) is 70.5 Å². The van der Waals surface area contributed by atoms with Crippen LogP contribution in [0.25, 0.3) is 0 Å². The molecule has 0 fully saturated rings. The fraction of sp³-hybridized carbons (Fsp3) is 0.417. The van der Waals surface area contributed by atoms with Crippen LogP contribution in [0.5, 0.6) is 11.5 Å². The van der Waals surface area contributed by atoms with Crippen molar-refractivity contribution in [3.8, 4) is 11.5 Å². The maximum atomic E-state index is 10.2. The SMILES string of the molecule is CC(C)(c1ccc(OC[C@H](O)Cn2cc(CO)nn2)cc1)c1ccc(OC[C@@H](O)CCl)c(Cl)c1. The Morgan fingerprint density at radius 2 is 1.68 bits per heavy atom. The van der Waals surface area contributed by atoms with Gasteiger partial charge in [-0.2, -0.15) is 0 Å². The van der Waals surface area contributed by atoms with E-state index in [-0.39, 0.29) is 37.7 Å². The Morgan fingerprint density at radius 3 is 2.29 bits per heavy atom. The summed E-state index contributed by atoms with van der Waals surface area (Å²) in [5, 5.41) is 36.9. The highest BCUT2D eigenvalue weighted by molar-refractivity contribution is 6.32. The van der Waals surface area contributed by atoms with E-state index in [1.54, 1.807) is 12.3 Å². The molecule has 0 amide bonds. The van der Waals surface area contributed by atoms with E-state index >= 15 is 0 Å². The second-order valence-corrected chi connectivity index (χ2v) is 9.18. The Labute approximate surface area is 208 Å². The summed E-state index contributed by atoms with van der Waals surface area (Å²) in [5.74, 6) is 1.22. The molecule has 0 radical (unpaired) electrons. The van der Waals surface area contributed by atoms with Crippen LogP contribution in [-0.4, -0.2) is 61.6 Å². The molecular weight excluding hydrogens is 481 g/mol. The lowest BCUT2D eigenvalue weighted by Crippen LogP contribution is -2.24. The first-order valence-corrected chi connectivity index (χ1v) is 11.7. The average molecular weight is 510 g/mol. The molecule has 0 aliphatic rings. The summed E-state index contributed by atoms with van der Waals surface area (Å²) in [7, 11) is 0. The zero-order valence-electron chi connectivity index (χ0n) is 19.1. The minimum absolute atomic E-state index is 0.0741. The van der Waals surface area contributed by atoms with E-state index in [4.69, 9.17) is 37.8 Å². The predicted molar refractivity (Wildman–Crippen MR) is 130 cm³/mol. The van der Waals surface area contributed by atoms with Crippen LogP contribution in [-0.2, 0) is 18.6 Å². The maximum absolute atomic E-state index is 10.2. The third-order valence-electron chi connectivity index (χ3n) is 5.43. The highest BCUT2D eigenvalue weighted by Crippen LogP contribution is 2.36. The van der Waals surface area contributed by atoms with Crippen LogP contribution >= 0.6 is 23.2 Å². The van der Waals surface area contributed by atoms with Gasteiger partial charge in [-0.25, -0.2) is 4.68 Å². The number of halogens is 2. The molecule has 3 aromatic rings. The molecule has 34 heavy (non-hydrogen) atoms. The van der Waals surface area contributed by atoms with Gasteiger partial charge in [-0.1, -0.05) is 48.9 Å². The van der Waals surface area contributed by atoms with Crippen molar-refractivity contribution in [2.24, 2.45) is 0 Å². The largest absolute Gasteiger partial charge is 0.491 e. The van der Waals surface area contributed by atoms with E-state index in [0.717, 1.165) is 11.1 Å². The number of hydrogen-bond acceptors (Lipinski definition) is 7. The Balaban J connectivity index is 1.59. The number of nitrogens with zero attached hydrogens (tertiary/aromatic N) is 3. The van der Waals surface area contributed by atoms with Gasteiger partial charge in [-0.15, -0.1) is 16.7 Å². The van der Waals surface area contributed by atoms with Gasteiger partial charge in [-0.3, -0.25) is 0 Å². The normalized spacial score (nSPS) is 13.5. The first-order chi connectivity index (χ1) is 16.2. The molecule has 0 aliphatic carbocycles. The topological polar surface area (TPSA) is 110 Å². The average Bonchev–Trinajstić information content (AvgIpc) is 3.29. The highest BCUT2D eigenvalue weighted by atomic mass is 35.5. The van der Waals surface area contributed by atoms with Gasteiger partial charge in [0.1, 0.15) is 42.6 Å². The monoisotopic (exact) mass is 509 g/mol. The number of alkyl halides is 1. The highest BCUT2D eigenvalue weighted by Gasteiger charge is 2.24. The van der Waals surface area contributed by atoms with E-state index in [1.807, 2.05) is 36.4 Å². The van der Waals surface area contributed by atoms with Gasteiger partial charge in [0.05, 0.1) is 30.3 Å². The van der Waals surface area contributed by atoms with E-state index in [0.29, 0.717) is 22.2 Å². The standard InChI is InChI=1S/C24H29Cl2N3O5/c1-24(2,17-5-8-23(22(26)9-17)34-14-19(31)10-25)16-3-6-21(7-4-16)33-15-20(32)12-29-11-18(13-30)27-28-29/h3-9,11,19-20,30-32H,10,12-15H2,1-2H3/t19-,20+/m0/s1. The van der Waals surface area contributed by atoms with Crippen LogP contribution in [0.2, 0.25) is 5.02 Å². The molecular formula is C24H29Cl2N3O5. The molecule has 2 atom stereocenters. The van der Waals surface area contributed by atoms with E-state index in [2.05, 4.69) is 24.2 Å². The fourth-order valence-corrected chi connectivity index (χ4v) is 3.66. The van der Waals surface area contributed by atoms with Crippen molar-refractivity contribution < 1.29 is 24.8 Å². The van der Waals surface area contributed by atoms with Crippen LogP contribution in [0.1, 0.15) is 30.7 Å². The molecule has 0 unspecified atom stereocenters. The number of rotatable bonds is 12. The van der Waals surface area contributed by atoms with Crippen molar-refractivity contribution >= 4 is 23.2 Å². The zero-order valence-corrected chi connectivity index (χ0v) is 20.6. The summed E-state index contributed by atoms with van der Waals surface area (Å²) in [5.41, 5.74) is 2.16.